The largest absolute Gasteiger partial charge is 0.493 e. The molecule has 0 saturated carbocycles. The van der Waals surface area contributed by atoms with E-state index in [1.807, 2.05) is 28.8 Å². The molecule has 3 aromatic rings. The number of nitrogens with one attached hydrogen (secondary N) is 1. The lowest BCUT2D eigenvalue weighted by molar-refractivity contribution is 0.0694. The van der Waals surface area contributed by atoms with Gasteiger partial charge in [0.15, 0.2) is 11.5 Å². The predicted octanol–water partition coefficient (Wildman–Crippen LogP) is 2.83. The number of H-pyrrole nitrogens is 1. The van der Waals surface area contributed by atoms with Crippen LogP contribution in [0, 0.1) is 0 Å². The highest BCUT2D eigenvalue weighted by atomic mass is 16.5. The van der Waals surface area contributed by atoms with Crippen LogP contribution in [0.15, 0.2) is 41.2 Å². The fraction of sp³-hybridized carbons (Fsp3) is 0.364. The predicted molar refractivity (Wildman–Crippen MR) is 113 cm³/mol. The Morgan fingerprint density at radius 3 is 2.23 bits per heavy atom. The fourth-order valence-corrected chi connectivity index (χ4v) is 4.15. The number of hydrogen-bond donors (Lipinski definition) is 1. The zero-order valence-corrected chi connectivity index (χ0v) is 17.3. The van der Waals surface area contributed by atoms with E-state index in [4.69, 9.17) is 14.2 Å². The van der Waals surface area contributed by atoms with Crippen LogP contribution in [0.5, 0.6) is 17.2 Å². The zero-order chi connectivity index (χ0) is 21.3. The number of aromatic amines is 1. The van der Waals surface area contributed by atoms with Gasteiger partial charge in [-0.2, -0.15) is 0 Å². The summed E-state index contributed by atoms with van der Waals surface area (Å²) in [7, 11) is 4.57. The van der Waals surface area contributed by atoms with Crippen molar-refractivity contribution in [1.29, 1.82) is 0 Å². The quantitative estimate of drug-likeness (QED) is 0.698. The first-order valence-corrected chi connectivity index (χ1v) is 9.86. The first-order chi connectivity index (χ1) is 14.6. The number of likely N-dealkylation sites (tertiary alicyclic amines) is 1. The van der Waals surface area contributed by atoms with Gasteiger partial charge >= 0.3 is 5.69 Å². The monoisotopic (exact) mass is 411 g/mol. The van der Waals surface area contributed by atoms with Crippen molar-refractivity contribution < 1.29 is 19.0 Å². The summed E-state index contributed by atoms with van der Waals surface area (Å²) >= 11 is 0. The van der Waals surface area contributed by atoms with Crippen molar-refractivity contribution in [2.75, 3.05) is 34.4 Å². The number of methoxy groups -OCH3 is 3. The molecule has 1 fully saturated rings. The topological polar surface area (TPSA) is 85.8 Å². The standard InChI is InChI=1S/C22H25N3O5/c1-28-18-12-14(13-19(29-2)20(18)30-3)21(26)24-10-8-15(9-11-24)25-17-7-5-4-6-16(17)23-22(25)27/h4-7,12-13,15H,8-11H2,1-3H3,(H,23,27). The van der Waals surface area contributed by atoms with E-state index in [0.29, 0.717) is 48.7 Å². The van der Waals surface area contributed by atoms with Gasteiger partial charge in [-0.25, -0.2) is 4.79 Å². The number of piperidine rings is 1. The maximum Gasteiger partial charge on any atom is 0.326 e. The van der Waals surface area contributed by atoms with E-state index in [-0.39, 0.29) is 17.6 Å². The molecule has 1 saturated heterocycles. The van der Waals surface area contributed by atoms with Gasteiger partial charge in [-0.1, -0.05) is 12.1 Å². The molecule has 1 aliphatic rings. The third kappa shape index (κ3) is 3.38. The minimum atomic E-state index is -0.106. The molecule has 0 bridgehead atoms. The number of carbonyl (C=O) groups excluding carboxylic acids is 1. The number of imidazole rings is 1. The lowest BCUT2D eigenvalue weighted by Crippen LogP contribution is -2.40. The van der Waals surface area contributed by atoms with Crippen LogP contribution in [0.2, 0.25) is 0 Å². The van der Waals surface area contributed by atoms with Crippen LogP contribution in [-0.4, -0.2) is 54.8 Å². The second kappa shape index (κ2) is 8.14. The summed E-state index contributed by atoms with van der Waals surface area (Å²) < 4.78 is 17.9. The highest BCUT2D eigenvalue weighted by Gasteiger charge is 2.28. The van der Waals surface area contributed by atoms with Crippen molar-refractivity contribution in [1.82, 2.24) is 14.5 Å². The van der Waals surface area contributed by atoms with Gasteiger partial charge in [0.2, 0.25) is 5.75 Å². The first-order valence-electron chi connectivity index (χ1n) is 9.86. The molecule has 8 heteroatoms. The number of rotatable bonds is 5. The Bertz CT molecular complexity index is 1100. The summed E-state index contributed by atoms with van der Waals surface area (Å²) in [5, 5.41) is 0. The molecule has 0 aliphatic carbocycles. The van der Waals surface area contributed by atoms with Crippen LogP contribution in [0.3, 0.4) is 0 Å². The first kappa shape index (κ1) is 19.9. The zero-order valence-electron chi connectivity index (χ0n) is 17.3. The van der Waals surface area contributed by atoms with Crippen molar-refractivity contribution in [3.05, 3.63) is 52.4 Å². The molecular weight excluding hydrogens is 386 g/mol. The molecule has 0 atom stereocenters. The van der Waals surface area contributed by atoms with Gasteiger partial charge in [-0.15, -0.1) is 0 Å². The van der Waals surface area contributed by atoms with E-state index in [1.165, 1.54) is 21.3 Å². The second-order valence-electron chi connectivity index (χ2n) is 7.25. The van der Waals surface area contributed by atoms with Crippen LogP contribution in [0.1, 0.15) is 29.2 Å². The molecule has 158 valence electrons. The Morgan fingerprint density at radius 2 is 1.63 bits per heavy atom. The minimum Gasteiger partial charge on any atom is -0.493 e. The summed E-state index contributed by atoms with van der Waals surface area (Å²) in [6, 6.07) is 11.1. The number of hydrogen-bond acceptors (Lipinski definition) is 5. The lowest BCUT2D eigenvalue weighted by Gasteiger charge is -2.32. The molecule has 1 aromatic heterocycles. The maximum atomic E-state index is 13.1. The number of amides is 1. The number of ether oxygens (including phenoxy) is 3. The molecule has 0 radical (unpaired) electrons. The summed E-state index contributed by atoms with van der Waals surface area (Å²) in [5.41, 5.74) is 2.10. The van der Waals surface area contributed by atoms with Crippen molar-refractivity contribution in [3.63, 3.8) is 0 Å². The molecule has 1 N–H and O–H groups in total. The maximum absolute atomic E-state index is 13.1. The van der Waals surface area contributed by atoms with Crippen molar-refractivity contribution >= 4 is 16.9 Å². The van der Waals surface area contributed by atoms with Gasteiger partial charge in [-0.05, 0) is 37.1 Å². The highest BCUT2D eigenvalue weighted by molar-refractivity contribution is 5.95. The van der Waals surface area contributed by atoms with E-state index >= 15 is 0 Å². The lowest BCUT2D eigenvalue weighted by atomic mass is 10.0. The SMILES string of the molecule is COc1cc(C(=O)N2CCC(n3c(=O)[nH]c4ccccc43)CC2)cc(OC)c1OC. The van der Waals surface area contributed by atoms with Gasteiger partial charge in [0, 0.05) is 24.7 Å². The minimum absolute atomic E-state index is 0.0534. The Morgan fingerprint density at radius 1 is 1.00 bits per heavy atom. The highest BCUT2D eigenvalue weighted by Crippen LogP contribution is 2.38. The van der Waals surface area contributed by atoms with Crippen molar-refractivity contribution in [2.45, 2.75) is 18.9 Å². The average Bonchev–Trinajstić information content (AvgIpc) is 3.13. The van der Waals surface area contributed by atoms with Crippen LogP contribution >= 0.6 is 0 Å². The molecule has 30 heavy (non-hydrogen) atoms. The molecule has 2 heterocycles. The third-order valence-electron chi connectivity index (χ3n) is 5.65. The van der Waals surface area contributed by atoms with Gasteiger partial charge in [-0.3, -0.25) is 9.36 Å². The van der Waals surface area contributed by atoms with Crippen LogP contribution in [0.4, 0.5) is 0 Å². The van der Waals surface area contributed by atoms with Gasteiger partial charge < -0.3 is 24.1 Å². The summed E-state index contributed by atoms with van der Waals surface area (Å²) in [6.45, 7) is 1.12. The average molecular weight is 411 g/mol. The summed E-state index contributed by atoms with van der Waals surface area (Å²) in [6.07, 6.45) is 1.41. The molecular formula is C22H25N3O5. The van der Waals surface area contributed by atoms with Crippen molar-refractivity contribution in [2.24, 2.45) is 0 Å². The number of aromatic nitrogens is 2. The molecule has 2 aromatic carbocycles. The molecule has 4 rings (SSSR count). The van der Waals surface area contributed by atoms with E-state index in [1.54, 1.807) is 17.0 Å². The number of benzene rings is 2. The Labute approximate surface area is 174 Å². The summed E-state index contributed by atoms with van der Waals surface area (Å²) in [4.78, 5) is 30.3. The normalized spacial score (nSPS) is 14.7. The smallest absolute Gasteiger partial charge is 0.326 e. The number of para-hydroxylation sites is 2. The second-order valence-corrected chi connectivity index (χ2v) is 7.25. The van der Waals surface area contributed by atoms with Gasteiger partial charge in [0.25, 0.3) is 5.91 Å². The van der Waals surface area contributed by atoms with E-state index < -0.39 is 0 Å². The molecule has 1 aliphatic heterocycles. The van der Waals surface area contributed by atoms with Crippen molar-refractivity contribution in [3.8, 4) is 17.2 Å². The number of nitrogens with zero attached hydrogens (tertiary/aromatic N) is 2. The Hall–Kier alpha value is -3.42. The Kier molecular flexibility index (Phi) is 5.39. The Balaban J connectivity index is 1.54. The van der Waals surface area contributed by atoms with Gasteiger partial charge in [0.1, 0.15) is 0 Å². The molecule has 8 nitrogen and oxygen atoms in total. The number of carbonyl (C=O) groups is 1. The van der Waals surface area contributed by atoms with E-state index in [2.05, 4.69) is 4.98 Å². The van der Waals surface area contributed by atoms with Crippen LogP contribution < -0.4 is 19.9 Å². The fourth-order valence-electron chi connectivity index (χ4n) is 4.15. The molecule has 0 unspecified atom stereocenters. The van der Waals surface area contributed by atoms with Gasteiger partial charge in [0.05, 0.1) is 32.4 Å². The van der Waals surface area contributed by atoms with E-state index in [0.717, 1.165) is 11.0 Å². The van der Waals surface area contributed by atoms with Crippen LogP contribution in [-0.2, 0) is 0 Å². The summed E-state index contributed by atoms with van der Waals surface area (Å²) in [5.74, 6) is 1.24. The van der Waals surface area contributed by atoms with Crippen LogP contribution in [0.25, 0.3) is 11.0 Å². The van der Waals surface area contributed by atoms with E-state index in [9.17, 15) is 9.59 Å². The third-order valence-corrected chi connectivity index (χ3v) is 5.65. The number of fused-ring (bicyclic) bond motifs is 1. The molecule has 1 amide bonds. The molecule has 0 spiro atoms.